The summed E-state index contributed by atoms with van der Waals surface area (Å²) in [6, 6.07) is 0. The predicted molar refractivity (Wildman–Crippen MR) is 65.5 cm³/mol. The molecule has 1 aliphatic heterocycles. The molecule has 1 aromatic heterocycles. The quantitative estimate of drug-likeness (QED) is 0.831. The molecule has 96 valence electrons. The van der Waals surface area contributed by atoms with E-state index in [4.69, 9.17) is 10.3 Å². The molecule has 2 rings (SSSR count). The van der Waals surface area contributed by atoms with E-state index in [0.717, 1.165) is 25.9 Å². The van der Waals surface area contributed by atoms with Gasteiger partial charge in [0.25, 0.3) is 0 Å². The normalized spacial score (nSPS) is 29.8. The van der Waals surface area contributed by atoms with Crippen LogP contribution in [0.25, 0.3) is 0 Å². The van der Waals surface area contributed by atoms with Gasteiger partial charge in [0.05, 0.1) is 5.54 Å². The average Bonchev–Trinajstić information content (AvgIpc) is 2.79. The van der Waals surface area contributed by atoms with Gasteiger partial charge in [0.1, 0.15) is 0 Å². The zero-order valence-electron chi connectivity index (χ0n) is 10.9. The molecule has 0 saturated carbocycles. The summed E-state index contributed by atoms with van der Waals surface area (Å²) in [7, 11) is 0. The molecule has 0 aromatic carbocycles. The standard InChI is InChI=1S/C12H22N4O/c1-4-9-7-14-6-5-12(9,13)11-15-10(8(2)3)17-16-11/h8-9,14H,4-7,13H2,1-3H3. The fraction of sp³-hybridized carbons (Fsp3) is 0.833. The van der Waals surface area contributed by atoms with Gasteiger partial charge in [-0.1, -0.05) is 25.9 Å². The Kier molecular flexibility index (Phi) is 3.49. The van der Waals surface area contributed by atoms with Gasteiger partial charge >= 0.3 is 0 Å². The van der Waals surface area contributed by atoms with Crippen molar-refractivity contribution < 1.29 is 4.52 Å². The number of rotatable bonds is 3. The van der Waals surface area contributed by atoms with E-state index >= 15 is 0 Å². The Hall–Kier alpha value is -0.940. The SMILES string of the molecule is CCC1CNCCC1(N)c1noc(C(C)C)n1. The molecule has 2 atom stereocenters. The molecule has 0 radical (unpaired) electrons. The van der Waals surface area contributed by atoms with Crippen LogP contribution in [0, 0.1) is 5.92 Å². The first-order chi connectivity index (χ1) is 8.08. The summed E-state index contributed by atoms with van der Waals surface area (Å²) >= 11 is 0. The monoisotopic (exact) mass is 238 g/mol. The topological polar surface area (TPSA) is 77.0 Å². The summed E-state index contributed by atoms with van der Waals surface area (Å²) in [4.78, 5) is 4.47. The first kappa shape index (κ1) is 12.5. The third kappa shape index (κ3) is 2.21. The molecule has 0 aliphatic carbocycles. The van der Waals surface area contributed by atoms with Gasteiger partial charge in [-0.2, -0.15) is 4.98 Å². The van der Waals surface area contributed by atoms with Crippen LogP contribution in [0.2, 0.25) is 0 Å². The lowest BCUT2D eigenvalue weighted by Gasteiger charge is -2.38. The Labute approximate surface area is 102 Å². The van der Waals surface area contributed by atoms with E-state index in [2.05, 4.69) is 22.4 Å². The van der Waals surface area contributed by atoms with E-state index < -0.39 is 5.54 Å². The molecule has 0 amide bonds. The summed E-state index contributed by atoms with van der Waals surface area (Å²) in [5, 5.41) is 7.47. The van der Waals surface area contributed by atoms with Crippen LogP contribution in [-0.4, -0.2) is 23.2 Å². The summed E-state index contributed by atoms with van der Waals surface area (Å²) in [5.41, 5.74) is 6.09. The van der Waals surface area contributed by atoms with Gasteiger partial charge in [0.2, 0.25) is 5.89 Å². The Bertz CT molecular complexity index is 376. The van der Waals surface area contributed by atoms with Crippen LogP contribution in [0.1, 0.15) is 51.2 Å². The molecule has 3 N–H and O–H groups in total. The molecule has 1 fully saturated rings. The van der Waals surface area contributed by atoms with Crippen LogP contribution < -0.4 is 11.1 Å². The minimum Gasteiger partial charge on any atom is -0.339 e. The van der Waals surface area contributed by atoms with Gasteiger partial charge < -0.3 is 15.6 Å². The van der Waals surface area contributed by atoms with Gasteiger partial charge in [0.15, 0.2) is 5.82 Å². The van der Waals surface area contributed by atoms with Gasteiger partial charge in [-0.05, 0) is 25.3 Å². The number of hydrogen-bond donors (Lipinski definition) is 2. The zero-order chi connectivity index (χ0) is 12.5. The lowest BCUT2D eigenvalue weighted by molar-refractivity contribution is 0.184. The molecule has 2 heterocycles. The number of piperidine rings is 1. The molecule has 17 heavy (non-hydrogen) atoms. The maximum absolute atomic E-state index is 6.52. The minimum absolute atomic E-state index is 0.252. The van der Waals surface area contributed by atoms with Crippen molar-refractivity contribution in [1.82, 2.24) is 15.5 Å². The molecule has 2 unspecified atom stereocenters. The van der Waals surface area contributed by atoms with Crippen molar-refractivity contribution in [2.45, 2.75) is 45.1 Å². The Morgan fingerprint density at radius 3 is 2.94 bits per heavy atom. The second-order valence-corrected chi connectivity index (χ2v) is 5.21. The summed E-state index contributed by atoms with van der Waals surface area (Å²) < 4.78 is 5.28. The summed E-state index contributed by atoms with van der Waals surface area (Å²) in [6.45, 7) is 8.08. The lowest BCUT2D eigenvalue weighted by Crippen LogP contribution is -2.54. The van der Waals surface area contributed by atoms with Crippen molar-refractivity contribution in [2.24, 2.45) is 11.7 Å². The first-order valence-electron chi connectivity index (χ1n) is 6.41. The maximum atomic E-state index is 6.52. The van der Waals surface area contributed by atoms with E-state index in [-0.39, 0.29) is 5.92 Å². The number of hydrogen-bond acceptors (Lipinski definition) is 5. The van der Waals surface area contributed by atoms with Crippen LogP contribution in [0.3, 0.4) is 0 Å². The van der Waals surface area contributed by atoms with Crippen LogP contribution >= 0.6 is 0 Å². The summed E-state index contributed by atoms with van der Waals surface area (Å²) in [6.07, 6.45) is 1.89. The third-order valence-electron chi connectivity index (χ3n) is 3.68. The first-order valence-corrected chi connectivity index (χ1v) is 6.41. The van der Waals surface area contributed by atoms with Crippen LogP contribution in [0.15, 0.2) is 4.52 Å². The molecule has 5 nitrogen and oxygen atoms in total. The number of nitrogens with two attached hydrogens (primary N) is 1. The van der Waals surface area contributed by atoms with E-state index in [9.17, 15) is 0 Å². The van der Waals surface area contributed by atoms with Crippen molar-refractivity contribution in [3.8, 4) is 0 Å². The average molecular weight is 238 g/mol. The van der Waals surface area contributed by atoms with Crippen molar-refractivity contribution in [1.29, 1.82) is 0 Å². The highest BCUT2D eigenvalue weighted by Crippen LogP contribution is 2.33. The molecule has 0 bridgehead atoms. The molecule has 5 heteroatoms. The largest absolute Gasteiger partial charge is 0.339 e. The fourth-order valence-corrected chi connectivity index (χ4v) is 2.42. The Morgan fingerprint density at radius 1 is 1.59 bits per heavy atom. The molecular formula is C12H22N4O. The highest BCUT2D eigenvalue weighted by Gasteiger charge is 2.41. The second-order valence-electron chi connectivity index (χ2n) is 5.21. The lowest BCUT2D eigenvalue weighted by atomic mass is 9.77. The highest BCUT2D eigenvalue weighted by molar-refractivity contribution is 5.10. The van der Waals surface area contributed by atoms with Crippen LogP contribution in [-0.2, 0) is 5.54 Å². The molecular weight excluding hydrogens is 216 g/mol. The van der Waals surface area contributed by atoms with Gasteiger partial charge in [-0.15, -0.1) is 0 Å². The van der Waals surface area contributed by atoms with Crippen molar-refractivity contribution >= 4 is 0 Å². The number of nitrogens with one attached hydrogen (secondary N) is 1. The minimum atomic E-state index is -0.434. The van der Waals surface area contributed by atoms with E-state index in [1.54, 1.807) is 0 Å². The van der Waals surface area contributed by atoms with Crippen molar-refractivity contribution in [3.05, 3.63) is 11.7 Å². The smallest absolute Gasteiger partial charge is 0.229 e. The van der Waals surface area contributed by atoms with Gasteiger partial charge in [-0.3, -0.25) is 0 Å². The second kappa shape index (κ2) is 4.74. The van der Waals surface area contributed by atoms with Gasteiger partial charge in [-0.25, -0.2) is 0 Å². The fourth-order valence-electron chi connectivity index (χ4n) is 2.42. The molecule has 1 aromatic rings. The van der Waals surface area contributed by atoms with E-state index in [1.807, 2.05) is 13.8 Å². The third-order valence-corrected chi connectivity index (χ3v) is 3.68. The summed E-state index contributed by atoms with van der Waals surface area (Å²) in [5.74, 6) is 1.98. The predicted octanol–water partition coefficient (Wildman–Crippen LogP) is 1.37. The molecule has 1 saturated heterocycles. The van der Waals surface area contributed by atoms with Crippen molar-refractivity contribution in [2.75, 3.05) is 13.1 Å². The van der Waals surface area contributed by atoms with Crippen LogP contribution in [0.4, 0.5) is 0 Å². The molecule has 0 spiro atoms. The van der Waals surface area contributed by atoms with Gasteiger partial charge in [0, 0.05) is 12.5 Å². The zero-order valence-corrected chi connectivity index (χ0v) is 10.9. The van der Waals surface area contributed by atoms with E-state index in [0.29, 0.717) is 17.6 Å². The maximum Gasteiger partial charge on any atom is 0.229 e. The Balaban J connectivity index is 2.28. The van der Waals surface area contributed by atoms with Crippen LogP contribution in [0.5, 0.6) is 0 Å². The number of aromatic nitrogens is 2. The number of nitrogens with zero attached hydrogens (tertiary/aromatic N) is 2. The highest BCUT2D eigenvalue weighted by atomic mass is 16.5. The Morgan fingerprint density at radius 2 is 2.35 bits per heavy atom. The van der Waals surface area contributed by atoms with E-state index in [1.165, 1.54) is 0 Å². The molecule has 1 aliphatic rings. The van der Waals surface area contributed by atoms with Crippen molar-refractivity contribution in [3.63, 3.8) is 0 Å².